The molecule has 2 rings (SSSR count). The monoisotopic (exact) mass is 269 g/mol. The summed E-state index contributed by atoms with van der Waals surface area (Å²) in [5.74, 6) is -0.392. The third kappa shape index (κ3) is 3.06. The number of benzene rings is 2. The van der Waals surface area contributed by atoms with E-state index >= 15 is 0 Å². The molecule has 3 nitrogen and oxygen atoms in total. The molecule has 0 spiro atoms. The van der Waals surface area contributed by atoms with E-state index in [0.29, 0.717) is 5.56 Å². The molecule has 0 bridgehead atoms. The number of hydrogen-bond acceptors (Lipinski definition) is 2. The lowest BCUT2D eigenvalue weighted by Gasteiger charge is -2.29. The highest BCUT2D eigenvalue weighted by Gasteiger charge is 2.25. The molecule has 1 amide bonds. The van der Waals surface area contributed by atoms with E-state index in [0.717, 1.165) is 16.2 Å². The molecule has 20 heavy (non-hydrogen) atoms. The lowest BCUT2D eigenvalue weighted by atomic mass is 10.0. The molecule has 0 heterocycles. The van der Waals surface area contributed by atoms with Crippen LogP contribution < -0.4 is 0 Å². The fourth-order valence-electron chi connectivity index (χ4n) is 1.86. The summed E-state index contributed by atoms with van der Waals surface area (Å²) in [6.07, 6.45) is 0. The molecule has 0 aliphatic rings. The first-order chi connectivity index (χ1) is 9.39. The van der Waals surface area contributed by atoms with E-state index in [9.17, 15) is 10.0 Å². The van der Waals surface area contributed by atoms with Crippen molar-refractivity contribution in [2.75, 3.05) is 0 Å². The Hall–Kier alpha value is -2.13. The van der Waals surface area contributed by atoms with Gasteiger partial charge in [0.2, 0.25) is 0 Å². The van der Waals surface area contributed by atoms with Crippen molar-refractivity contribution in [2.24, 2.45) is 0 Å². The number of carbonyl (C=O) groups is 1. The van der Waals surface area contributed by atoms with Crippen LogP contribution in [-0.2, 0) is 0 Å². The van der Waals surface area contributed by atoms with Gasteiger partial charge in [-0.2, -0.15) is 0 Å². The molecule has 0 atom stereocenters. The Balaban J connectivity index is 2.23. The molecule has 0 saturated heterocycles. The molecule has 0 saturated carbocycles. The Morgan fingerprint density at radius 3 is 1.90 bits per heavy atom. The summed E-state index contributed by atoms with van der Waals surface area (Å²) in [4.78, 5) is 12.1. The van der Waals surface area contributed by atoms with Gasteiger partial charge in [0.15, 0.2) is 0 Å². The summed E-state index contributed by atoms with van der Waals surface area (Å²) in [5, 5.41) is 10.6. The number of hydroxylamine groups is 2. The average Bonchev–Trinajstić information content (AvgIpc) is 2.46. The zero-order chi connectivity index (χ0) is 14.8. The number of carbonyl (C=O) groups excluding carboxylic acids is 1. The van der Waals surface area contributed by atoms with Crippen LogP contribution in [0.25, 0.3) is 11.1 Å². The first kappa shape index (κ1) is 14.3. The van der Waals surface area contributed by atoms with Crippen molar-refractivity contribution in [3.05, 3.63) is 60.2 Å². The summed E-state index contributed by atoms with van der Waals surface area (Å²) < 4.78 is 0. The van der Waals surface area contributed by atoms with Crippen molar-refractivity contribution in [1.82, 2.24) is 5.06 Å². The van der Waals surface area contributed by atoms with Crippen LogP contribution in [0.15, 0.2) is 54.6 Å². The van der Waals surface area contributed by atoms with Crippen molar-refractivity contribution in [3.63, 3.8) is 0 Å². The van der Waals surface area contributed by atoms with E-state index < -0.39 is 11.4 Å². The van der Waals surface area contributed by atoms with E-state index in [4.69, 9.17) is 0 Å². The lowest BCUT2D eigenvalue weighted by molar-refractivity contribution is -0.114. The van der Waals surface area contributed by atoms with E-state index in [2.05, 4.69) is 0 Å². The van der Waals surface area contributed by atoms with Crippen molar-refractivity contribution >= 4 is 5.91 Å². The second-order valence-electron chi connectivity index (χ2n) is 5.73. The summed E-state index contributed by atoms with van der Waals surface area (Å²) in [6.45, 7) is 5.34. The van der Waals surface area contributed by atoms with Crippen LogP contribution in [-0.4, -0.2) is 21.7 Å². The van der Waals surface area contributed by atoms with E-state index in [1.165, 1.54) is 0 Å². The number of hydrogen-bond donors (Lipinski definition) is 1. The highest BCUT2D eigenvalue weighted by atomic mass is 16.5. The maximum Gasteiger partial charge on any atom is 0.277 e. The van der Waals surface area contributed by atoms with Gasteiger partial charge in [-0.05, 0) is 44.0 Å². The van der Waals surface area contributed by atoms with Gasteiger partial charge < -0.3 is 0 Å². The van der Waals surface area contributed by atoms with E-state index in [-0.39, 0.29) is 0 Å². The Kier molecular flexibility index (Phi) is 3.91. The minimum atomic E-state index is -0.616. The standard InChI is InChI=1S/C17H19NO2/c1-17(2,3)18(20)16(19)15-11-9-14(10-12-15)13-7-5-4-6-8-13/h4-12,20H,1-3H3. The third-order valence-electron chi connectivity index (χ3n) is 3.07. The molecule has 2 aromatic rings. The van der Waals surface area contributed by atoms with Crippen LogP contribution >= 0.6 is 0 Å². The Labute approximate surface area is 119 Å². The van der Waals surface area contributed by atoms with E-state index in [1.54, 1.807) is 32.9 Å². The first-order valence-electron chi connectivity index (χ1n) is 6.58. The SMILES string of the molecule is CC(C)(C)N(O)C(=O)c1ccc(-c2ccccc2)cc1. The topological polar surface area (TPSA) is 40.5 Å². The minimum Gasteiger partial charge on any atom is -0.285 e. The quantitative estimate of drug-likeness (QED) is 0.661. The summed E-state index contributed by atoms with van der Waals surface area (Å²) in [7, 11) is 0. The first-order valence-corrected chi connectivity index (χ1v) is 6.58. The van der Waals surface area contributed by atoms with Gasteiger partial charge in [-0.1, -0.05) is 42.5 Å². The van der Waals surface area contributed by atoms with Crippen molar-refractivity contribution in [3.8, 4) is 11.1 Å². The molecular formula is C17H19NO2. The maximum atomic E-state index is 12.1. The second-order valence-corrected chi connectivity index (χ2v) is 5.73. The number of nitrogens with zero attached hydrogens (tertiary/aromatic N) is 1. The van der Waals surface area contributed by atoms with Gasteiger partial charge in [-0.25, -0.2) is 5.06 Å². The fourth-order valence-corrected chi connectivity index (χ4v) is 1.86. The third-order valence-corrected chi connectivity index (χ3v) is 3.07. The maximum absolute atomic E-state index is 12.1. The van der Waals surface area contributed by atoms with Gasteiger partial charge in [0, 0.05) is 5.56 Å². The highest BCUT2D eigenvalue weighted by molar-refractivity contribution is 5.94. The summed E-state index contributed by atoms with van der Waals surface area (Å²) in [5.41, 5.74) is 2.00. The molecule has 0 aliphatic carbocycles. The largest absolute Gasteiger partial charge is 0.285 e. The molecule has 0 radical (unpaired) electrons. The van der Waals surface area contributed by atoms with Crippen LogP contribution in [0.2, 0.25) is 0 Å². The predicted octanol–water partition coefficient (Wildman–Crippen LogP) is 3.98. The van der Waals surface area contributed by atoms with Crippen molar-refractivity contribution < 1.29 is 10.0 Å². The highest BCUT2D eigenvalue weighted by Crippen LogP contribution is 2.21. The lowest BCUT2D eigenvalue weighted by Crippen LogP contribution is -2.43. The van der Waals surface area contributed by atoms with Gasteiger partial charge in [0.25, 0.3) is 5.91 Å². The molecule has 1 N–H and O–H groups in total. The van der Waals surface area contributed by atoms with Crippen LogP contribution in [0.4, 0.5) is 0 Å². The van der Waals surface area contributed by atoms with E-state index in [1.807, 2.05) is 42.5 Å². The molecule has 0 aliphatic heterocycles. The zero-order valence-electron chi connectivity index (χ0n) is 12.0. The van der Waals surface area contributed by atoms with Gasteiger partial charge >= 0.3 is 0 Å². The Bertz CT molecular complexity index is 583. The summed E-state index contributed by atoms with van der Waals surface area (Å²) in [6, 6.07) is 17.2. The van der Waals surface area contributed by atoms with Gasteiger partial charge in [-0.15, -0.1) is 0 Å². The van der Waals surface area contributed by atoms with Crippen LogP contribution in [0, 0.1) is 0 Å². The van der Waals surface area contributed by atoms with Crippen molar-refractivity contribution in [1.29, 1.82) is 0 Å². The van der Waals surface area contributed by atoms with Crippen molar-refractivity contribution in [2.45, 2.75) is 26.3 Å². The Morgan fingerprint density at radius 1 is 0.900 bits per heavy atom. The number of amides is 1. The normalized spacial score (nSPS) is 11.2. The van der Waals surface area contributed by atoms with Gasteiger partial charge in [0.1, 0.15) is 0 Å². The fraction of sp³-hybridized carbons (Fsp3) is 0.235. The minimum absolute atomic E-state index is 0.392. The number of rotatable bonds is 2. The molecular weight excluding hydrogens is 250 g/mol. The molecule has 3 heteroatoms. The van der Waals surface area contributed by atoms with Gasteiger partial charge in [0.05, 0.1) is 5.54 Å². The van der Waals surface area contributed by atoms with Crippen LogP contribution in [0.5, 0.6) is 0 Å². The second kappa shape index (κ2) is 5.47. The smallest absolute Gasteiger partial charge is 0.277 e. The average molecular weight is 269 g/mol. The molecule has 0 unspecified atom stereocenters. The summed E-state index contributed by atoms with van der Waals surface area (Å²) >= 11 is 0. The Morgan fingerprint density at radius 2 is 1.40 bits per heavy atom. The molecule has 0 fully saturated rings. The predicted molar refractivity (Wildman–Crippen MR) is 79.6 cm³/mol. The van der Waals surface area contributed by atoms with Gasteiger partial charge in [-0.3, -0.25) is 10.0 Å². The molecule has 104 valence electrons. The molecule has 0 aromatic heterocycles. The molecule has 2 aromatic carbocycles. The van der Waals surface area contributed by atoms with Crippen LogP contribution in [0.3, 0.4) is 0 Å². The zero-order valence-corrected chi connectivity index (χ0v) is 12.0. The van der Waals surface area contributed by atoms with Crippen LogP contribution in [0.1, 0.15) is 31.1 Å².